The molecule has 0 aromatic heterocycles. The Labute approximate surface area is 113 Å². The zero-order chi connectivity index (χ0) is 13.8. The quantitative estimate of drug-likeness (QED) is 0.472. The van der Waals surface area contributed by atoms with E-state index in [0.717, 1.165) is 12.8 Å². The predicted octanol–water partition coefficient (Wildman–Crippen LogP) is 2.98. The number of hydrogen-bond acceptors (Lipinski definition) is 3. The van der Waals surface area contributed by atoms with Crippen molar-refractivity contribution in [2.45, 2.75) is 96.3 Å². The number of nitrogens with two attached hydrogens (primary N) is 1. The second kappa shape index (κ2) is 11.9. The molecule has 3 heteroatoms. The summed E-state index contributed by atoms with van der Waals surface area (Å²) in [4.78, 5) is 0. The Kier molecular flexibility index (Phi) is 11.9. The lowest BCUT2D eigenvalue weighted by Gasteiger charge is -2.16. The lowest BCUT2D eigenvalue weighted by Crippen LogP contribution is -2.27. The minimum Gasteiger partial charge on any atom is -0.391 e. The van der Waals surface area contributed by atoms with Gasteiger partial charge in [0, 0.05) is 6.04 Å². The molecule has 3 nitrogen and oxygen atoms in total. The molecular formula is C15H33NO2. The van der Waals surface area contributed by atoms with E-state index in [2.05, 4.69) is 6.92 Å². The Hall–Kier alpha value is -0.120. The molecule has 0 heterocycles. The second-order valence-corrected chi connectivity index (χ2v) is 5.56. The van der Waals surface area contributed by atoms with Gasteiger partial charge in [-0.1, -0.05) is 51.9 Å². The van der Waals surface area contributed by atoms with Crippen molar-refractivity contribution < 1.29 is 10.2 Å². The number of rotatable bonds is 12. The summed E-state index contributed by atoms with van der Waals surface area (Å²) in [7, 11) is 0. The van der Waals surface area contributed by atoms with Crippen LogP contribution in [0.1, 0.15) is 78.1 Å². The smallest absolute Gasteiger partial charge is 0.0797 e. The highest BCUT2D eigenvalue weighted by atomic mass is 16.3. The normalized spacial score (nSPS) is 16.5. The third-order valence-electron chi connectivity index (χ3n) is 3.57. The van der Waals surface area contributed by atoms with Crippen molar-refractivity contribution in [2.75, 3.05) is 0 Å². The molecular weight excluding hydrogens is 226 g/mol. The van der Waals surface area contributed by atoms with Crippen molar-refractivity contribution >= 4 is 0 Å². The number of aliphatic hydroxyl groups is 2. The fourth-order valence-corrected chi connectivity index (χ4v) is 2.13. The van der Waals surface area contributed by atoms with Gasteiger partial charge in [0.2, 0.25) is 0 Å². The summed E-state index contributed by atoms with van der Waals surface area (Å²) in [6.45, 7) is 3.85. The molecule has 0 saturated carbocycles. The van der Waals surface area contributed by atoms with Crippen LogP contribution in [0.2, 0.25) is 0 Å². The minimum atomic E-state index is -0.643. The van der Waals surface area contributed by atoms with E-state index in [1.165, 1.54) is 44.9 Å². The van der Waals surface area contributed by atoms with E-state index in [4.69, 9.17) is 10.8 Å². The van der Waals surface area contributed by atoms with E-state index in [1.807, 2.05) is 0 Å². The zero-order valence-electron chi connectivity index (χ0n) is 12.3. The molecule has 4 N–H and O–H groups in total. The van der Waals surface area contributed by atoms with Crippen molar-refractivity contribution in [1.29, 1.82) is 0 Å². The van der Waals surface area contributed by atoms with Crippen LogP contribution in [0.4, 0.5) is 0 Å². The van der Waals surface area contributed by atoms with Crippen LogP contribution in [0.25, 0.3) is 0 Å². The highest BCUT2D eigenvalue weighted by Crippen LogP contribution is 2.12. The van der Waals surface area contributed by atoms with Crippen LogP contribution in [-0.4, -0.2) is 28.5 Å². The summed E-state index contributed by atoms with van der Waals surface area (Å²) in [5.41, 5.74) is 5.99. The SMILES string of the molecule is CCCCCCCCCC(N)CCC(O)C(C)O. The topological polar surface area (TPSA) is 66.5 Å². The summed E-state index contributed by atoms with van der Waals surface area (Å²) in [6, 6.07) is 0.175. The Morgan fingerprint density at radius 3 is 1.94 bits per heavy atom. The van der Waals surface area contributed by atoms with Gasteiger partial charge in [0.25, 0.3) is 0 Å². The summed E-state index contributed by atoms with van der Waals surface area (Å²) >= 11 is 0. The molecule has 0 rings (SSSR count). The molecule has 0 bridgehead atoms. The fraction of sp³-hybridized carbons (Fsp3) is 1.00. The van der Waals surface area contributed by atoms with Crippen LogP contribution in [0, 0.1) is 0 Å². The van der Waals surface area contributed by atoms with Gasteiger partial charge in [-0.25, -0.2) is 0 Å². The molecule has 0 spiro atoms. The standard InChI is InChI=1S/C15H33NO2/c1-3-4-5-6-7-8-9-10-14(16)11-12-15(18)13(2)17/h13-15,17-18H,3-12,16H2,1-2H3. The largest absolute Gasteiger partial charge is 0.391 e. The Morgan fingerprint density at radius 1 is 0.833 bits per heavy atom. The monoisotopic (exact) mass is 259 g/mol. The molecule has 0 aliphatic heterocycles. The number of hydrogen-bond donors (Lipinski definition) is 3. The van der Waals surface area contributed by atoms with E-state index >= 15 is 0 Å². The van der Waals surface area contributed by atoms with Crippen molar-refractivity contribution in [1.82, 2.24) is 0 Å². The van der Waals surface area contributed by atoms with E-state index in [-0.39, 0.29) is 6.04 Å². The second-order valence-electron chi connectivity index (χ2n) is 5.56. The minimum absolute atomic E-state index is 0.175. The van der Waals surface area contributed by atoms with Crippen molar-refractivity contribution in [3.8, 4) is 0 Å². The maximum Gasteiger partial charge on any atom is 0.0797 e. The van der Waals surface area contributed by atoms with E-state index in [0.29, 0.717) is 6.42 Å². The van der Waals surface area contributed by atoms with Gasteiger partial charge in [-0.2, -0.15) is 0 Å². The molecule has 3 atom stereocenters. The Bertz CT molecular complexity index is 174. The van der Waals surface area contributed by atoms with Gasteiger partial charge in [-0.3, -0.25) is 0 Å². The van der Waals surface area contributed by atoms with E-state index < -0.39 is 12.2 Å². The fourth-order valence-electron chi connectivity index (χ4n) is 2.13. The van der Waals surface area contributed by atoms with Crippen LogP contribution in [0.3, 0.4) is 0 Å². The van der Waals surface area contributed by atoms with Gasteiger partial charge in [0.1, 0.15) is 0 Å². The van der Waals surface area contributed by atoms with Gasteiger partial charge < -0.3 is 15.9 Å². The van der Waals surface area contributed by atoms with Crippen molar-refractivity contribution in [3.05, 3.63) is 0 Å². The molecule has 0 aromatic rings. The number of unbranched alkanes of at least 4 members (excludes halogenated alkanes) is 6. The first kappa shape index (κ1) is 17.9. The van der Waals surface area contributed by atoms with Crippen molar-refractivity contribution in [3.63, 3.8) is 0 Å². The number of aliphatic hydroxyl groups excluding tert-OH is 2. The predicted molar refractivity (Wildman–Crippen MR) is 77.5 cm³/mol. The van der Waals surface area contributed by atoms with E-state index in [9.17, 15) is 5.11 Å². The van der Waals surface area contributed by atoms with Gasteiger partial charge in [-0.05, 0) is 26.2 Å². The van der Waals surface area contributed by atoms with Gasteiger partial charge in [0.15, 0.2) is 0 Å². The molecule has 3 unspecified atom stereocenters. The van der Waals surface area contributed by atoms with Crippen LogP contribution in [-0.2, 0) is 0 Å². The molecule has 0 fully saturated rings. The van der Waals surface area contributed by atoms with Crippen LogP contribution in [0.5, 0.6) is 0 Å². The van der Waals surface area contributed by atoms with Gasteiger partial charge in [0.05, 0.1) is 12.2 Å². The lowest BCUT2D eigenvalue weighted by molar-refractivity contribution is 0.0239. The van der Waals surface area contributed by atoms with Crippen LogP contribution in [0.15, 0.2) is 0 Å². The molecule has 0 aliphatic rings. The maximum absolute atomic E-state index is 9.46. The molecule has 18 heavy (non-hydrogen) atoms. The summed E-state index contributed by atoms with van der Waals surface area (Å²) < 4.78 is 0. The average Bonchev–Trinajstić information content (AvgIpc) is 2.34. The van der Waals surface area contributed by atoms with Crippen LogP contribution < -0.4 is 5.73 Å². The molecule has 0 aliphatic carbocycles. The van der Waals surface area contributed by atoms with Crippen molar-refractivity contribution in [2.24, 2.45) is 5.73 Å². The Morgan fingerprint density at radius 2 is 1.39 bits per heavy atom. The molecule has 110 valence electrons. The summed E-state index contributed by atoms with van der Waals surface area (Å²) in [5, 5.41) is 18.6. The third kappa shape index (κ3) is 11.0. The third-order valence-corrected chi connectivity index (χ3v) is 3.57. The first-order valence-corrected chi connectivity index (χ1v) is 7.69. The highest BCUT2D eigenvalue weighted by Gasteiger charge is 2.12. The summed E-state index contributed by atoms with van der Waals surface area (Å²) in [5.74, 6) is 0. The van der Waals surface area contributed by atoms with Gasteiger partial charge >= 0.3 is 0 Å². The summed E-state index contributed by atoms with van der Waals surface area (Å²) in [6.07, 6.45) is 10.4. The molecule has 0 amide bonds. The molecule has 0 aromatic carbocycles. The lowest BCUT2D eigenvalue weighted by atomic mass is 10.00. The highest BCUT2D eigenvalue weighted by molar-refractivity contribution is 4.68. The molecule has 0 saturated heterocycles. The van der Waals surface area contributed by atoms with Gasteiger partial charge in [-0.15, -0.1) is 0 Å². The maximum atomic E-state index is 9.46. The molecule has 0 radical (unpaired) electrons. The Balaban J connectivity index is 3.29. The average molecular weight is 259 g/mol. The van der Waals surface area contributed by atoms with E-state index in [1.54, 1.807) is 6.92 Å². The first-order chi connectivity index (χ1) is 8.57. The zero-order valence-corrected chi connectivity index (χ0v) is 12.3. The van der Waals surface area contributed by atoms with Crippen LogP contribution >= 0.6 is 0 Å². The first-order valence-electron chi connectivity index (χ1n) is 7.69.